The Labute approximate surface area is 135 Å². The van der Waals surface area contributed by atoms with Crippen molar-refractivity contribution < 1.29 is 0 Å². The summed E-state index contributed by atoms with van der Waals surface area (Å²) in [7, 11) is 0. The molecule has 1 aromatic heterocycles. The lowest BCUT2D eigenvalue weighted by molar-refractivity contribution is 1.31. The second kappa shape index (κ2) is 5.93. The molecule has 2 heteroatoms. The number of imidazole rings is 1. The Morgan fingerprint density at radius 1 is 0.609 bits per heavy atom. The van der Waals surface area contributed by atoms with E-state index >= 15 is 0 Å². The normalized spacial score (nSPS) is 10.6. The van der Waals surface area contributed by atoms with Crippen molar-refractivity contribution in [1.82, 2.24) is 9.97 Å². The summed E-state index contributed by atoms with van der Waals surface area (Å²) in [5, 5.41) is 0. The summed E-state index contributed by atoms with van der Waals surface area (Å²) in [5.74, 6) is 0.890. The maximum absolute atomic E-state index is 4.45. The number of aromatic nitrogens is 2. The van der Waals surface area contributed by atoms with Gasteiger partial charge in [-0.1, -0.05) is 78.9 Å². The average Bonchev–Trinajstić information content (AvgIpc) is 3.17. The summed E-state index contributed by atoms with van der Waals surface area (Å²) < 4.78 is 0. The Hall–Kier alpha value is -3.13. The highest BCUT2D eigenvalue weighted by molar-refractivity contribution is 5.93. The highest BCUT2D eigenvalue weighted by Gasteiger charge is 2.14. The van der Waals surface area contributed by atoms with Gasteiger partial charge in [-0.05, 0) is 16.7 Å². The Morgan fingerprint density at radius 3 is 1.91 bits per heavy atom. The number of H-pyrrole nitrogens is 1. The number of nitrogens with one attached hydrogen (secondary N) is 1. The third kappa shape index (κ3) is 2.55. The fraction of sp³-hybridized carbons (Fsp3) is 0. The van der Waals surface area contributed by atoms with Crippen molar-refractivity contribution >= 4 is 0 Å². The standard InChI is InChI=1S/C21H16N2/c1-3-8-16(9-4-1)18-12-7-13-19(21-22-14-15-23-21)20(18)17-10-5-2-6-11-17/h1-15H,(H,22,23). The van der Waals surface area contributed by atoms with E-state index in [1.54, 1.807) is 6.20 Å². The molecule has 0 fully saturated rings. The van der Waals surface area contributed by atoms with Crippen molar-refractivity contribution in [2.75, 3.05) is 0 Å². The van der Waals surface area contributed by atoms with Gasteiger partial charge in [-0.3, -0.25) is 0 Å². The largest absolute Gasteiger partial charge is 0.345 e. The molecule has 0 aliphatic rings. The molecule has 0 radical (unpaired) electrons. The van der Waals surface area contributed by atoms with Crippen LogP contribution in [0.4, 0.5) is 0 Å². The zero-order chi connectivity index (χ0) is 15.5. The first kappa shape index (κ1) is 13.5. The molecule has 1 N–H and O–H groups in total. The minimum atomic E-state index is 0.890. The average molecular weight is 296 g/mol. The number of hydrogen-bond donors (Lipinski definition) is 1. The SMILES string of the molecule is c1ccc(-c2cccc(-c3ncc[nH]3)c2-c2ccccc2)cc1. The minimum absolute atomic E-state index is 0.890. The summed E-state index contributed by atoms with van der Waals surface area (Å²) >= 11 is 0. The van der Waals surface area contributed by atoms with Crippen LogP contribution in [0.25, 0.3) is 33.6 Å². The summed E-state index contributed by atoms with van der Waals surface area (Å²) in [6.45, 7) is 0. The number of aromatic amines is 1. The zero-order valence-corrected chi connectivity index (χ0v) is 12.6. The van der Waals surface area contributed by atoms with E-state index in [2.05, 4.69) is 76.7 Å². The molecule has 2 nitrogen and oxygen atoms in total. The lowest BCUT2D eigenvalue weighted by atomic mass is 9.90. The van der Waals surface area contributed by atoms with Gasteiger partial charge in [-0.25, -0.2) is 4.98 Å². The maximum atomic E-state index is 4.45. The van der Waals surface area contributed by atoms with Gasteiger partial charge in [0.1, 0.15) is 5.82 Å². The van der Waals surface area contributed by atoms with Gasteiger partial charge in [0.2, 0.25) is 0 Å². The molecule has 0 saturated carbocycles. The third-order valence-electron chi connectivity index (χ3n) is 3.97. The van der Waals surface area contributed by atoms with E-state index < -0.39 is 0 Å². The Kier molecular flexibility index (Phi) is 3.49. The van der Waals surface area contributed by atoms with E-state index in [4.69, 9.17) is 0 Å². The van der Waals surface area contributed by atoms with Gasteiger partial charge >= 0.3 is 0 Å². The lowest BCUT2D eigenvalue weighted by Gasteiger charge is -2.14. The van der Waals surface area contributed by atoms with Gasteiger partial charge in [0.15, 0.2) is 0 Å². The predicted octanol–water partition coefficient (Wildman–Crippen LogP) is 5.41. The van der Waals surface area contributed by atoms with Crippen LogP contribution in [0, 0.1) is 0 Å². The molecule has 4 rings (SSSR count). The van der Waals surface area contributed by atoms with Crippen molar-refractivity contribution in [1.29, 1.82) is 0 Å². The van der Waals surface area contributed by atoms with E-state index in [-0.39, 0.29) is 0 Å². The van der Waals surface area contributed by atoms with Crippen LogP contribution in [-0.2, 0) is 0 Å². The predicted molar refractivity (Wildman–Crippen MR) is 94.9 cm³/mol. The smallest absolute Gasteiger partial charge is 0.137 e. The molecule has 0 spiro atoms. The van der Waals surface area contributed by atoms with Crippen molar-refractivity contribution in [2.45, 2.75) is 0 Å². The molecule has 4 aromatic rings. The maximum Gasteiger partial charge on any atom is 0.137 e. The molecule has 110 valence electrons. The van der Waals surface area contributed by atoms with Crippen LogP contribution in [-0.4, -0.2) is 9.97 Å². The van der Waals surface area contributed by atoms with Gasteiger partial charge in [-0.2, -0.15) is 0 Å². The molecular weight excluding hydrogens is 280 g/mol. The first-order chi connectivity index (χ1) is 11.4. The first-order valence-corrected chi connectivity index (χ1v) is 7.67. The monoisotopic (exact) mass is 296 g/mol. The molecule has 3 aromatic carbocycles. The molecule has 0 saturated heterocycles. The van der Waals surface area contributed by atoms with Crippen LogP contribution in [0.2, 0.25) is 0 Å². The molecule has 0 aliphatic carbocycles. The summed E-state index contributed by atoms with van der Waals surface area (Å²) in [4.78, 5) is 7.68. The van der Waals surface area contributed by atoms with Crippen LogP contribution in [0.1, 0.15) is 0 Å². The molecular formula is C21H16N2. The van der Waals surface area contributed by atoms with Crippen LogP contribution in [0.15, 0.2) is 91.3 Å². The minimum Gasteiger partial charge on any atom is -0.345 e. The van der Waals surface area contributed by atoms with Crippen molar-refractivity contribution in [2.24, 2.45) is 0 Å². The quantitative estimate of drug-likeness (QED) is 0.538. The summed E-state index contributed by atoms with van der Waals surface area (Å²) in [6, 6.07) is 27.3. The zero-order valence-electron chi connectivity index (χ0n) is 12.6. The van der Waals surface area contributed by atoms with Gasteiger partial charge in [0.05, 0.1) is 0 Å². The van der Waals surface area contributed by atoms with Gasteiger partial charge < -0.3 is 4.98 Å². The topological polar surface area (TPSA) is 28.7 Å². The van der Waals surface area contributed by atoms with Crippen molar-refractivity contribution in [3.63, 3.8) is 0 Å². The lowest BCUT2D eigenvalue weighted by Crippen LogP contribution is -1.91. The molecule has 23 heavy (non-hydrogen) atoms. The summed E-state index contributed by atoms with van der Waals surface area (Å²) in [5.41, 5.74) is 5.93. The number of hydrogen-bond acceptors (Lipinski definition) is 1. The molecule has 1 heterocycles. The number of benzene rings is 3. The molecule has 0 aliphatic heterocycles. The highest BCUT2D eigenvalue weighted by Crippen LogP contribution is 2.38. The van der Waals surface area contributed by atoms with Crippen LogP contribution in [0.3, 0.4) is 0 Å². The van der Waals surface area contributed by atoms with Gasteiger partial charge in [-0.15, -0.1) is 0 Å². The van der Waals surface area contributed by atoms with Crippen LogP contribution < -0.4 is 0 Å². The first-order valence-electron chi connectivity index (χ1n) is 7.67. The third-order valence-corrected chi connectivity index (χ3v) is 3.97. The fourth-order valence-corrected chi connectivity index (χ4v) is 2.94. The summed E-state index contributed by atoms with van der Waals surface area (Å²) in [6.07, 6.45) is 3.65. The second-order valence-corrected chi connectivity index (χ2v) is 5.40. The van der Waals surface area contributed by atoms with E-state index in [0.29, 0.717) is 0 Å². The van der Waals surface area contributed by atoms with E-state index in [1.165, 1.54) is 22.3 Å². The second-order valence-electron chi connectivity index (χ2n) is 5.40. The highest BCUT2D eigenvalue weighted by atomic mass is 14.9. The molecule has 0 bridgehead atoms. The van der Waals surface area contributed by atoms with Gasteiger partial charge in [0, 0.05) is 23.5 Å². The van der Waals surface area contributed by atoms with Gasteiger partial charge in [0.25, 0.3) is 0 Å². The number of rotatable bonds is 3. The van der Waals surface area contributed by atoms with E-state index in [9.17, 15) is 0 Å². The van der Waals surface area contributed by atoms with Crippen molar-refractivity contribution in [3.8, 4) is 33.6 Å². The van der Waals surface area contributed by atoms with Crippen LogP contribution in [0.5, 0.6) is 0 Å². The van der Waals surface area contributed by atoms with E-state index in [0.717, 1.165) is 11.4 Å². The Morgan fingerprint density at radius 2 is 1.26 bits per heavy atom. The van der Waals surface area contributed by atoms with E-state index in [1.807, 2.05) is 18.3 Å². The number of nitrogens with zero attached hydrogens (tertiary/aromatic N) is 1. The molecule has 0 unspecified atom stereocenters. The Bertz CT molecular complexity index is 895. The van der Waals surface area contributed by atoms with Crippen molar-refractivity contribution in [3.05, 3.63) is 91.3 Å². The van der Waals surface area contributed by atoms with Crippen LogP contribution >= 0.6 is 0 Å². The Balaban J connectivity index is 2.02. The molecule has 0 atom stereocenters. The molecule has 0 amide bonds. The fourth-order valence-electron chi connectivity index (χ4n) is 2.94.